The number of ether oxygens (including phenoxy) is 4. The van der Waals surface area contributed by atoms with Gasteiger partial charge in [0.25, 0.3) is 0 Å². The Kier molecular flexibility index (Phi) is 9.12. The largest absolute Gasteiger partial charge is 0.494 e. The van der Waals surface area contributed by atoms with Crippen molar-refractivity contribution < 1.29 is 23.7 Å². The van der Waals surface area contributed by atoms with Crippen LogP contribution in [0.3, 0.4) is 0 Å². The highest BCUT2D eigenvalue weighted by atomic mass is 16.7. The molecule has 1 fully saturated rings. The van der Waals surface area contributed by atoms with Crippen molar-refractivity contribution in [3.05, 3.63) is 54.1 Å². The Balaban J connectivity index is 1.42. The lowest BCUT2D eigenvalue weighted by molar-refractivity contribution is -0.142. The first-order valence-corrected chi connectivity index (χ1v) is 11.8. The Hall–Kier alpha value is -2.37. The highest BCUT2D eigenvalue weighted by Crippen LogP contribution is 2.24. The molecule has 0 radical (unpaired) electrons. The molecule has 0 amide bonds. The molecule has 5 nitrogen and oxygen atoms in total. The Morgan fingerprint density at radius 2 is 1.56 bits per heavy atom. The van der Waals surface area contributed by atoms with Gasteiger partial charge in [0.05, 0.1) is 18.8 Å². The summed E-state index contributed by atoms with van der Waals surface area (Å²) in [6.07, 6.45) is 7.32. The van der Waals surface area contributed by atoms with Gasteiger partial charge in [-0.3, -0.25) is 0 Å². The number of esters is 1. The van der Waals surface area contributed by atoms with E-state index in [-0.39, 0.29) is 18.7 Å². The number of carbonyl (C=O) groups is 1. The van der Waals surface area contributed by atoms with E-state index >= 15 is 0 Å². The zero-order chi connectivity index (χ0) is 22.8. The SMILES string of the molecule is CCCCCCCCOc1ccc(-c2ccc(C(=O)OC[C@H]3COC(C)(C)O3)cc2)cc1. The van der Waals surface area contributed by atoms with Crippen LogP contribution in [0.2, 0.25) is 0 Å². The summed E-state index contributed by atoms with van der Waals surface area (Å²) < 4.78 is 22.4. The lowest BCUT2D eigenvalue weighted by atomic mass is 10.0. The Morgan fingerprint density at radius 3 is 2.19 bits per heavy atom. The fraction of sp³-hybridized carbons (Fsp3) is 0.519. The van der Waals surface area contributed by atoms with Gasteiger partial charge in [-0.15, -0.1) is 0 Å². The van der Waals surface area contributed by atoms with E-state index in [1.807, 2.05) is 50.2 Å². The monoisotopic (exact) mass is 440 g/mol. The third-order valence-electron chi connectivity index (χ3n) is 5.54. The zero-order valence-electron chi connectivity index (χ0n) is 19.6. The highest BCUT2D eigenvalue weighted by molar-refractivity contribution is 5.90. The van der Waals surface area contributed by atoms with Gasteiger partial charge in [0.15, 0.2) is 5.79 Å². The third kappa shape index (κ3) is 7.64. The molecular formula is C27H36O5. The van der Waals surface area contributed by atoms with E-state index in [4.69, 9.17) is 18.9 Å². The Labute approximate surface area is 192 Å². The molecule has 0 unspecified atom stereocenters. The molecule has 3 rings (SSSR count). The first-order chi connectivity index (χ1) is 15.5. The second-order valence-electron chi connectivity index (χ2n) is 8.77. The standard InChI is InChI=1S/C27H36O5/c1-4-5-6-7-8-9-18-29-24-16-14-22(15-17-24)21-10-12-23(13-11-21)26(28)30-19-25-20-31-27(2,3)32-25/h10-17,25H,4-9,18-20H2,1-3H3/t25-/m0/s1. The summed E-state index contributed by atoms with van der Waals surface area (Å²) in [6, 6.07) is 15.5. The molecule has 1 saturated heterocycles. The van der Waals surface area contributed by atoms with Crippen LogP contribution in [0.1, 0.15) is 69.7 Å². The van der Waals surface area contributed by atoms with Crippen molar-refractivity contribution in [1.29, 1.82) is 0 Å². The average Bonchev–Trinajstić information content (AvgIpc) is 3.16. The summed E-state index contributed by atoms with van der Waals surface area (Å²) in [4.78, 5) is 12.3. The minimum atomic E-state index is -0.618. The topological polar surface area (TPSA) is 54.0 Å². The molecule has 0 spiro atoms. The summed E-state index contributed by atoms with van der Waals surface area (Å²) >= 11 is 0. The smallest absolute Gasteiger partial charge is 0.338 e. The first-order valence-electron chi connectivity index (χ1n) is 11.8. The van der Waals surface area contributed by atoms with Crippen LogP contribution in [0.5, 0.6) is 5.75 Å². The van der Waals surface area contributed by atoms with Gasteiger partial charge in [-0.05, 0) is 55.7 Å². The summed E-state index contributed by atoms with van der Waals surface area (Å²) in [7, 11) is 0. The van der Waals surface area contributed by atoms with E-state index in [2.05, 4.69) is 6.92 Å². The second kappa shape index (κ2) is 12.0. The van der Waals surface area contributed by atoms with Crippen molar-refractivity contribution >= 4 is 5.97 Å². The fourth-order valence-electron chi connectivity index (χ4n) is 3.71. The number of carbonyl (C=O) groups excluding carboxylic acids is 1. The van der Waals surface area contributed by atoms with E-state index in [1.165, 1.54) is 32.1 Å². The number of benzene rings is 2. The molecule has 0 bridgehead atoms. The minimum Gasteiger partial charge on any atom is -0.494 e. The molecule has 5 heteroatoms. The van der Waals surface area contributed by atoms with Crippen LogP contribution in [0, 0.1) is 0 Å². The average molecular weight is 441 g/mol. The summed E-state index contributed by atoms with van der Waals surface area (Å²) in [5, 5.41) is 0. The van der Waals surface area contributed by atoms with Gasteiger partial charge in [0, 0.05) is 0 Å². The van der Waals surface area contributed by atoms with Crippen molar-refractivity contribution in [1.82, 2.24) is 0 Å². The van der Waals surface area contributed by atoms with Crippen LogP contribution >= 0.6 is 0 Å². The maximum Gasteiger partial charge on any atom is 0.338 e. The van der Waals surface area contributed by atoms with Gasteiger partial charge in [-0.25, -0.2) is 4.79 Å². The van der Waals surface area contributed by atoms with Crippen LogP contribution in [-0.2, 0) is 14.2 Å². The third-order valence-corrected chi connectivity index (χ3v) is 5.54. The number of hydrogen-bond acceptors (Lipinski definition) is 5. The Bertz CT molecular complexity index is 826. The number of rotatable bonds is 12. The van der Waals surface area contributed by atoms with Crippen molar-refractivity contribution in [3.8, 4) is 16.9 Å². The van der Waals surface area contributed by atoms with Gasteiger partial charge in [-0.2, -0.15) is 0 Å². The molecule has 1 heterocycles. The summed E-state index contributed by atoms with van der Waals surface area (Å²) in [5.41, 5.74) is 2.64. The molecule has 2 aromatic carbocycles. The van der Waals surface area contributed by atoms with E-state index < -0.39 is 5.79 Å². The molecule has 2 aromatic rings. The van der Waals surface area contributed by atoms with E-state index in [1.54, 1.807) is 12.1 Å². The fourth-order valence-corrected chi connectivity index (χ4v) is 3.71. The minimum absolute atomic E-state index is 0.185. The molecule has 174 valence electrons. The molecule has 32 heavy (non-hydrogen) atoms. The Morgan fingerprint density at radius 1 is 0.938 bits per heavy atom. The number of hydrogen-bond donors (Lipinski definition) is 0. The van der Waals surface area contributed by atoms with Gasteiger partial charge in [0.2, 0.25) is 0 Å². The van der Waals surface area contributed by atoms with E-state index in [0.29, 0.717) is 12.2 Å². The molecule has 0 aliphatic carbocycles. The first kappa shape index (κ1) is 24.3. The van der Waals surface area contributed by atoms with Crippen LogP contribution in [0.25, 0.3) is 11.1 Å². The van der Waals surface area contributed by atoms with Crippen molar-refractivity contribution in [2.75, 3.05) is 19.8 Å². The maximum absolute atomic E-state index is 12.3. The molecule has 0 aromatic heterocycles. The quantitative estimate of drug-likeness (QED) is 0.282. The van der Waals surface area contributed by atoms with Crippen LogP contribution in [-0.4, -0.2) is 37.7 Å². The van der Waals surface area contributed by atoms with Crippen LogP contribution < -0.4 is 4.74 Å². The van der Waals surface area contributed by atoms with Crippen molar-refractivity contribution in [2.24, 2.45) is 0 Å². The summed E-state index contributed by atoms with van der Waals surface area (Å²) in [5.74, 6) is -0.0832. The van der Waals surface area contributed by atoms with Gasteiger partial charge >= 0.3 is 5.97 Å². The van der Waals surface area contributed by atoms with Crippen molar-refractivity contribution in [2.45, 2.75) is 71.2 Å². The maximum atomic E-state index is 12.3. The van der Waals surface area contributed by atoms with E-state index in [9.17, 15) is 4.79 Å². The lowest BCUT2D eigenvalue weighted by Crippen LogP contribution is -2.25. The highest BCUT2D eigenvalue weighted by Gasteiger charge is 2.33. The molecule has 0 N–H and O–H groups in total. The lowest BCUT2D eigenvalue weighted by Gasteiger charge is -2.17. The van der Waals surface area contributed by atoms with Crippen LogP contribution in [0.15, 0.2) is 48.5 Å². The molecule has 0 saturated carbocycles. The van der Waals surface area contributed by atoms with Gasteiger partial charge in [0.1, 0.15) is 18.5 Å². The predicted octanol–water partition coefficient (Wildman–Crippen LogP) is 6.40. The zero-order valence-corrected chi connectivity index (χ0v) is 19.6. The molecule has 1 atom stereocenters. The molecule has 1 aliphatic rings. The molecule has 1 aliphatic heterocycles. The normalized spacial score (nSPS) is 17.3. The molecular weight excluding hydrogens is 404 g/mol. The van der Waals surface area contributed by atoms with Crippen molar-refractivity contribution in [3.63, 3.8) is 0 Å². The van der Waals surface area contributed by atoms with Crippen LogP contribution in [0.4, 0.5) is 0 Å². The number of unbranched alkanes of at least 4 members (excludes halogenated alkanes) is 5. The van der Waals surface area contributed by atoms with Gasteiger partial charge < -0.3 is 18.9 Å². The second-order valence-corrected chi connectivity index (χ2v) is 8.77. The van der Waals surface area contributed by atoms with Gasteiger partial charge in [-0.1, -0.05) is 63.3 Å². The summed E-state index contributed by atoms with van der Waals surface area (Å²) in [6.45, 7) is 7.31. The van der Waals surface area contributed by atoms with E-state index in [0.717, 1.165) is 29.9 Å². The predicted molar refractivity (Wildman–Crippen MR) is 126 cm³/mol.